The number of hydrogen-bond donors (Lipinski definition) is 0. The fourth-order valence-corrected chi connectivity index (χ4v) is 2.51. The topological polar surface area (TPSA) is 43.4 Å². The van der Waals surface area contributed by atoms with Gasteiger partial charge in [-0.15, -0.1) is 0 Å². The number of ketones is 1. The van der Waals surface area contributed by atoms with Gasteiger partial charge in [0.15, 0.2) is 5.78 Å². The molecule has 0 heterocycles. The van der Waals surface area contributed by atoms with Crippen LogP contribution < -0.4 is 0 Å². The number of rotatable bonds is 12. The van der Waals surface area contributed by atoms with Gasteiger partial charge >= 0.3 is 5.97 Å². The van der Waals surface area contributed by atoms with Crippen molar-refractivity contribution < 1.29 is 14.3 Å². The fourth-order valence-electron chi connectivity index (χ4n) is 2.51. The average molecular weight is 330 g/mol. The summed E-state index contributed by atoms with van der Waals surface area (Å²) in [5.41, 5.74) is 2.30. The Labute approximate surface area is 146 Å². The van der Waals surface area contributed by atoms with Gasteiger partial charge in [-0.05, 0) is 37.0 Å². The number of ether oxygens (including phenoxy) is 1. The molecule has 0 saturated carbocycles. The summed E-state index contributed by atoms with van der Waals surface area (Å²) in [4.78, 5) is 22.8. The molecule has 0 saturated heterocycles. The second-order valence-corrected chi connectivity index (χ2v) is 6.04. The second kappa shape index (κ2) is 12.5. The molecule has 1 rings (SSSR count). The number of carbonyl (C=O) groups excluding carboxylic acids is 2. The minimum absolute atomic E-state index is 0.194. The van der Waals surface area contributed by atoms with Crippen LogP contribution in [0.2, 0.25) is 0 Å². The van der Waals surface area contributed by atoms with Crippen LogP contribution in [0.3, 0.4) is 0 Å². The van der Waals surface area contributed by atoms with Crippen molar-refractivity contribution in [1.29, 1.82) is 0 Å². The fraction of sp³-hybridized carbons (Fsp3) is 0.524. The Balaban J connectivity index is 2.32. The summed E-state index contributed by atoms with van der Waals surface area (Å²) >= 11 is 0. The molecule has 0 spiro atoms. The summed E-state index contributed by atoms with van der Waals surface area (Å²) in [6.07, 6.45) is 11.9. The van der Waals surface area contributed by atoms with E-state index in [0.29, 0.717) is 6.61 Å². The molecule has 0 aliphatic heterocycles. The van der Waals surface area contributed by atoms with Gasteiger partial charge in [-0.3, -0.25) is 9.59 Å². The Hall–Kier alpha value is -1.90. The highest BCUT2D eigenvalue weighted by Gasteiger charge is 2.06. The maximum absolute atomic E-state index is 11.6. The number of esters is 1. The first-order valence-corrected chi connectivity index (χ1v) is 9.11. The van der Waals surface area contributed by atoms with E-state index < -0.39 is 5.97 Å². The van der Waals surface area contributed by atoms with Gasteiger partial charge in [0.2, 0.25) is 0 Å². The predicted octanol–water partition coefficient (Wildman–Crippen LogP) is 5.13. The number of benzene rings is 1. The zero-order chi connectivity index (χ0) is 17.6. The molecule has 0 aromatic heterocycles. The molecule has 0 unspecified atom stereocenters. The average Bonchev–Trinajstić information content (AvgIpc) is 2.57. The molecule has 24 heavy (non-hydrogen) atoms. The molecule has 0 aliphatic rings. The van der Waals surface area contributed by atoms with Gasteiger partial charge in [-0.1, -0.05) is 69.4 Å². The highest BCUT2D eigenvalue weighted by Crippen LogP contribution is 2.12. The predicted molar refractivity (Wildman–Crippen MR) is 98.8 cm³/mol. The van der Waals surface area contributed by atoms with Crippen LogP contribution in [0.15, 0.2) is 30.3 Å². The smallest absolute Gasteiger partial charge is 0.313 e. The molecule has 3 heteroatoms. The minimum atomic E-state index is -0.471. The number of aryl methyl sites for hydroxylation is 1. The van der Waals surface area contributed by atoms with E-state index in [4.69, 9.17) is 4.74 Å². The lowest BCUT2D eigenvalue weighted by molar-refractivity contribution is -0.144. The highest BCUT2D eigenvalue weighted by molar-refractivity contribution is 6.03. The normalized spacial score (nSPS) is 10.9. The van der Waals surface area contributed by atoms with Gasteiger partial charge < -0.3 is 4.74 Å². The Bertz CT molecular complexity index is 514. The van der Waals surface area contributed by atoms with Crippen molar-refractivity contribution in [2.24, 2.45) is 0 Å². The Morgan fingerprint density at radius 3 is 2.29 bits per heavy atom. The van der Waals surface area contributed by atoms with Crippen LogP contribution in [0.4, 0.5) is 0 Å². The van der Waals surface area contributed by atoms with Crippen molar-refractivity contribution >= 4 is 17.8 Å². The lowest BCUT2D eigenvalue weighted by Crippen LogP contribution is -2.08. The number of carbonyl (C=O) groups is 2. The van der Waals surface area contributed by atoms with E-state index in [1.165, 1.54) is 50.2 Å². The van der Waals surface area contributed by atoms with Crippen molar-refractivity contribution in [3.63, 3.8) is 0 Å². The molecule has 132 valence electrons. The molecule has 3 nitrogen and oxygen atoms in total. The van der Waals surface area contributed by atoms with E-state index in [9.17, 15) is 9.59 Å². The molecule has 0 aliphatic carbocycles. The maximum atomic E-state index is 11.6. The SMILES string of the molecule is CCCCCCCCc1ccc(/C=C/C(=O)CC(=O)OCC)cc1. The third kappa shape index (κ3) is 9.29. The van der Waals surface area contributed by atoms with E-state index >= 15 is 0 Å². The molecule has 0 atom stereocenters. The summed E-state index contributed by atoms with van der Waals surface area (Å²) in [6.45, 7) is 4.27. The standard InChI is InChI=1S/C21H30O3/c1-3-5-6-7-8-9-10-18-11-13-19(14-12-18)15-16-20(22)17-21(23)24-4-2/h11-16H,3-10,17H2,1-2H3/b16-15+. The molecular weight excluding hydrogens is 300 g/mol. The van der Waals surface area contributed by atoms with Crippen LogP contribution in [-0.4, -0.2) is 18.4 Å². The van der Waals surface area contributed by atoms with Gasteiger partial charge in [0, 0.05) is 0 Å². The molecule has 1 aromatic carbocycles. The first-order chi connectivity index (χ1) is 11.7. The maximum Gasteiger partial charge on any atom is 0.313 e. The molecule has 1 aromatic rings. The van der Waals surface area contributed by atoms with E-state index in [2.05, 4.69) is 19.1 Å². The van der Waals surface area contributed by atoms with E-state index in [1.807, 2.05) is 12.1 Å². The van der Waals surface area contributed by atoms with Crippen molar-refractivity contribution in [3.8, 4) is 0 Å². The van der Waals surface area contributed by atoms with E-state index in [0.717, 1.165) is 12.0 Å². The van der Waals surface area contributed by atoms with Crippen LogP contribution in [0, 0.1) is 0 Å². The highest BCUT2D eigenvalue weighted by atomic mass is 16.5. The van der Waals surface area contributed by atoms with Crippen molar-refractivity contribution in [2.45, 2.75) is 65.2 Å². The Kier molecular flexibility index (Phi) is 10.5. The largest absolute Gasteiger partial charge is 0.466 e. The van der Waals surface area contributed by atoms with Gasteiger partial charge in [-0.2, -0.15) is 0 Å². The molecule has 0 fully saturated rings. The molecule has 0 amide bonds. The van der Waals surface area contributed by atoms with E-state index in [1.54, 1.807) is 13.0 Å². The summed E-state index contributed by atoms with van der Waals surface area (Å²) in [7, 11) is 0. The summed E-state index contributed by atoms with van der Waals surface area (Å²) in [5, 5.41) is 0. The molecule has 0 bridgehead atoms. The summed E-state index contributed by atoms with van der Waals surface area (Å²) in [5.74, 6) is -0.703. The minimum Gasteiger partial charge on any atom is -0.466 e. The van der Waals surface area contributed by atoms with Crippen molar-refractivity contribution in [1.82, 2.24) is 0 Å². The number of unbranched alkanes of at least 4 members (excludes halogenated alkanes) is 5. The van der Waals surface area contributed by atoms with Gasteiger partial charge in [0.05, 0.1) is 6.61 Å². The van der Waals surface area contributed by atoms with Gasteiger partial charge in [0.25, 0.3) is 0 Å². The number of hydrogen-bond acceptors (Lipinski definition) is 3. The third-order valence-corrected chi connectivity index (χ3v) is 3.88. The second-order valence-electron chi connectivity index (χ2n) is 6.04. The number of allylic oxidation sites excluding steroid dienone is 1. The molecule has 0 N–H and O–H groups in total. The zero-order valence-corrected chi connectivity index (χ0v) is 15.1. The lowest BCUT2D eigenvalue weighted by atomic mass is 10.0. The molecule has 0 radical (unpaired) electrons. The first kappa shape index (κ1) is 20.1. The summed E-state index contributed by atoms with van der Waals surface area (Å²) in [6, 6.07) is 8.25. The van der Waals surface area contributed by atoms with Crippen molar-refractivity contribution in [3.05, 3.63) is 41.5 Å². The lowest BCUT2D eigenvalue weighted by Gasteiger charge is -2.03. The van der Waals surface area contributed by atoms with Crippen LogP contribution in [0.1, 0.15) is 69.9 Å². The third-order valence-electron chi connectivity index (χ3n) is 3.88. The van der Waals surface area contributed by atoms with Crippen LogP contribution >= 0.6 is 0 Å². The van der Waals surface area contributed by atoms with Gasteiger partial charge in [0.1, 0.15) is 6.42 Å². The Morgan fingerprint density at radius 2 is 1.62 bits per heavy atom. The monoisotopic (exact) mass is 330 g/mol. The quantitative estimate of drug-likeness (QED) is 0.231. The summed E-state index contributed by atoms with van der Waals surface area (Å²) < 4.78 is 4.75. The zero-order valence-electron chi connectivity index (χ0n) is 15.1. The van der Waals surface area contributed by atoms with Crippen molar-refractivity contribution in [2.75, 3.05) is 6.61 Å². The first-order valence-electron chi connectivity index (χ1n) is 9.11. The Morgan fingerprint density at radius 1 is 0.958 bits per heavy atom. The van der Waals surface area contributed by atoms with Crippen LogP contribution in [-0.2, 0) is 20.7 Å². The molecular formula is C21H30O3. The van der Waals surface area contributed by atoms with Gasteiger partial charge in [-0.25, -0.2) is 0 Å². The van der Waals surface area contributed by atoms with Crippen LogP contribution in [0.5, 0.6) is 0 Å². The van der Waals surface area contributed by atoms with Crippen LogP contribution in [0.25, 0.3) is 6.08 Å². The van der Waals surface area contributed by atoms with E-state index in [-0.39, 0.29) is 12.2 Å².